The van der Waals surface area contributed by atoms with Crippen molar-refractivity contribution in [1.29, 1.82) is 0 Å². The van der Waals surface area contributed by atoms with E-state index in [1.807, 2.05) is 38.1 Å². The monoisotopic (exact) mass is 502 g/mol. The Morgan fingerprint density at radius 3 is 2.36 bits per heavy atom. The summed E-state index contributed by atoms with van der Waals surface area (Å²) in [6.07, 6.45) is 1.99. The smallest absolute Gasteiger partial charge is 0.326 e. The molecule has 1 heterocycles. The second kappa shape index (κ2) is 13.2. The van der Waals surface area contributed by atoms with Gasteiger partial charge in [0.2, 0.25) is 23.6 Å². The molecule has 0 aliphatic heterocycles. The molecule has 0 aliphatic carbocycles. The van der Waals surface area contributed by atoms with E-state index in [0.717, 1.165) is 16.5 Å². The molecule has 12 heteroatoms. The van der Waals surface area contributed by atoms with Crippen LogP contribution in [0.25, 0.3) is 10.9 Å². The number of para-hydroxylation sites is 1. The molecule has 1 aromatic carbocycles. The molecule has 1 aromatic heterocycles. The zero-order valence-electron chi connectivity index (χ0n) is 20.4. The summed E-state index contributed by atoms with van der Waals surface area (Å²) in [5, 5.41) is 17.8. The number of carboxylic acids is 1. The van der Waals surface area contributed by atoms with Crippen molar-refractivity contribution >= 4 is 40.5 Å². The number of carbonyl (C=O) groups excluding carboxylic acids is 4. The van der Waals surface area contributed by atoms with E-state index in [0.29, 0.717) is 0 Å². The van der Waals surface area contributed by atoms with E-state index in [-0.39, 0.29) is 31.6 Å². The number of carbonyl (C=O) groups is 5. The predicted octanol–water partition coefficient (Wildman–Crippen LogP) is -0.480. The summed E-state index contributed by atoms with van der Waals surface area (Å²) < 4.78 is 0. The van der Waals surface area contributed by atoms with Crippen molar-refractivity contribution in [2.75, 3.05) is 6.54 Å². The van der Waals surface area contributed by atoms with Crippen LogP contribution in [0.1, 0.15) is 38.7 Å². The van der Waals surface area contributed by atoms with Gasteiger partial charge in [-0.1, -0.05) is 32.0 Å². The Bertz CT molecular complexity index is 1100. The Kier molecular flexibility index (Phi) is 10.4. The maximum Gasteiger partial charge on any atom is 0.326 e. The highest BCUT2D eigenvalue weighted by atomic mass is 16.4. The molecule has 0 saturated heterocycles. The zero-order chi connectivity index (χ0) is 26.8. The first-order valence-electron chi connectivity index (χ1n) is 11.7. The summed E-state index contributed by atoms with van der Waals surface area (Å²) in [6.45, 7) is 3.23. The Hall–Kier alpha value is -3.93. The number of hydrogen-bond acceptors (Lipinski definition) is 6. The molecule has 0 saturated carbocycles. The molecule has 4 amide bonds. The molecular weight excluding hydrogens is 468 g/mol. The van der Waals surface area contributed by atoms with Crippen LogP contribution in [0.2, 0.25) is 0 Å². The molecule has 9 N–H and O–H groups in total. The lowest BCUT2D eigenvalue weighted by atomic mass is 10.0. The number of amides is 4. The summed E-state index contributed by atoms with van der Waals surface area (Å²) in [4.78, 5) is 63.2. The highest BCUT2D eigenvalue weighted by Gasteiger charge is 2.26. The summed E-state index contributed by atoms with van der Waals surface area (Å²) in [6, 6.07) is 4.20. The number of nitrogens with two attached hydrogens (primary N) is 2. The number of hydrogen-bond donors (Lipinski definition) is 7. The number of rotatable bonds is 14. The summed E-state index contributed by atoms with van der Waals surface area (Å²) in [5.74, 6) is -3.70. The molecule has 0 bridgehead atoms. The van der Waals surface area contributed by atoms with Crippen molar-refractivity contribution in [3.8, 4) is 0 Å². The minimum atomic E-state index is -1.21. The lowest BCUT2D eigenvalue weighted by Crippen LogP contribution is -2.54. The molecule has 0 aliphatic rings. The Morgan fingerprint density at radius 1 is 1.03 bits per heavy atom. The molecule has 2 rings (SSSR count). The fourth-order valence-corrected chi connectivity index (χ4v) is 3.67. The van der Waals surface area contributed by atoms with Gasteiger partial charge in [0.1, 0.15) is 12.1 Å². The first kappa shape index (κ1) is 28.3. The van der Waals surface area contributed by atoms with Gasteiger partial charge in [0.05, 0.1) is 12.6 Å². The van der Waals surface area contributed by atoms with Crippen LogP contribution in [0.3, 0.4) is 0 Å². The molecule has 0 radical (unpaired) electrons. The highest BCUT2D eigenvalue weighted by molar-refractivity contribution is 5.93. The van der Waals surface area contributed by atoms with E-state index in [2.05, 4.69) is 20.9 Å². The molecule has 0 fully saturated rings. The number of fused-ring (bicyclic) bond motifs is 1. The standard InChI is InChI=1S/C24H34N6O6/c1-13(2)9-18(30-22(33)16(25)7-8-20(26)31)23(34)28-12-21(32)29-19(24(35)36)10-14-11-27-17-6-4-3-5-15(14)17/h3-6,11,13,16,18-19,27H,7-10,12,25H2,1-2H3,(H2,26,31)(H,28,34)(H,29,32)(H,30,33)(H,35,36). The quantitative estimate of drug-likeness (QED) is 0.180. The number of nitrogens with one attached hydrogen (secondary N) is 4. The Labute approximate surface area is 208 Å². The number of aliphatic carboxylic acids is 1. The summed E-state index contributed by atoms with van der Waals surface area (Å²) in [5.41, 5.74) is 12.4. The predicted molar refractivity (Wildman–Crippen MR) is 132 cm³/mol. The molecule has 3 unspecified atom stereocenters. The van der Waals surface area contributed by atoms with Crippen LogP contribution in [0.15, 0.2) is 30.5 Å². The van der Waals surface area contributed by atoms with Crippen molar-refractivity contribution in [2.45, 2.75) is 57.7 Å². The van der Waals surface area contributed by atoms with Crippen LogP contribution in [-0.2, 0) is 30.4 Å². The SMILES string of the molecule is CC(C)CC(NC(=O)C(N)CCC(N)=O)C(=O)NCC(=O)NC(Cc1c[nH]c2ccccc12)C(=O)O. The van der Waals surface area contributed by atoms with E-state index in [4.69, 9.17) is 11.5 Å². The summed E-state index contributed by atoms with van der Waals surface area (Å²) in [7, 11) is 0. The van der Waals surface area contributed by atoms with Gasteiger partial charge in [-0.15, -0.1) is 0 Å². The van der Waals surface area contributed by atoms with E-state index >= 15 is 0 Å². The lowest BCUT2D eigenvalue weighted by Gasteiger charge is -2.22. The van der Waals surface area contributed by atoms with Gasteiger partial charge in [0.25, 0.3) is 0 Å². The van der Waals surface area contributed by atoms with Crippen LogP contribution in [0.5, 0.6) is 0 Å². The number of aromatic nitrogens is 1. The number of primary amides is 1. The molecule has 36 heavy (non-hydrogen) atoms. The maximum absolute atomic E-state index is 12.7. The fourth-order valence-electron chi connectivity index (χ4n) is 3.67. The normalized spacial score (nSPS) is 13.6. The molecule has 196 valence electrons. The second-order valence-corrected chi connectivity index (χ2v) is 9.04. The molecule has 2 aromatic rings. The third kappa shape index (κ3) is 8.69. The molecule has 12 nitrogen and oxygen atoms in total. The van der Waals surface area contributed by atoms with E-state index in [1.54, 1.807) is 6.20 Å². The average Bonchev–Trinajstić information content (AvgIpc) is 3.22. The summed E-state index contributed by atoms with van der Waals surface area (Å²) >= 11 is 0. The van der Waals surface area contributed by atoms with Crippen LogP contribution in [-0.4, -0.2) is 64.4 Å². The van der Waals surface area contributed by atoms with Crippen LogP contribution < -0.4 is 27.4 Å². The number of carboxylic acid groups (broad SMARTS) is 1. The van der Waals surface area contributed by atoms with Crippen LogP contribution in [0.4, 0.5) is 0 Å². The van der Waals surface area contributed by atoms with Crippen molar-refractivity contribution in [2.24, 2.45) is 17.4 Å². The van der Waals surface area contributed by atoms with Crippen molar-refractivity contribution in [3.63, 3.8) is 0 Å². The lowest BCUT2D eigenvalue weighted by molar-refractivity contribution is -0.141. The highest BCUT2D eigenvalue weighted by Crippen LogP contribution is 2.19. The number of benzene rings is 1. The van der Waals surface area contributed by atoms with Gasteiger partial charge in [-0.05, 0) is 30.4 Å². The van der Waals surface area contributed by atoms with E-state index in [1.165, 1.54) is 0 Å². The topological polar surface area (TPSA) is 209 Å². The third-order valence-electron chi connectivity index (χ3n) is 5.53. The van der Waals surface area contributed by atoms with Gasteiger partial charge in [0, 0.05) is 29.9 Å². The third-order valence-corrected chi connectivity index (χ3v) is 5.53. The largest absolute Gasteiger partial charge is 0.480 e. The van der Waals surface area contributed by atoms with Crippen molar-refractivity contribution in [1.82, 2.24) is 20.9 Å². The van der Waals surface area contributed by atoms with Crippen molar-refractivity contribution in [3.05, 3.63) is 36.0 Å². The van der Waals surface area contributed by atoms with Crippen LogP contribution in [0, 0.1) is 5.92 Å². The average molecular weight is 503 g/mol. The first-order valence-corrected chi connectivity index (χ1v) is 11.7. The number of H-pyrrole nitrogens is 1. The van der Waals surface area contributed by atoms with Gasteiger partial charge in [0.15, 0.2) is 0 Å². The first-order chi connectivity index (χ1) is 17.0. The fraction of sp³-hybridized carbons (Fsp3) is 0.458. The minimum Gasteiger partial charge on any atom is -0.480 e. The van der Waals surface area contributed by atoms with Crippen LogP contribution >= 0.6 is 0 Å². The van der Waals surface area contributed by atoms with Gasteiger partial charge in [-0.2, -0.15) is 0 Å². The molecule has 0 spiro atoms. The Morgan fingerprint density at radius 2 is 1.72 bits per heavy atom. The van der Waals surface area contributed by atoms with E-state index < -0.39 is 54.3 Å². The van der Waals surface area contributed by atoms with Gasteiger partial charge >= 0.3 is 5.97 Å². The minimum absolute atomic E-state index is 0.0317. The molecular formula is C24H34N6O6. The van der Waals surface area contributed by atoms with Gasteiger partial charge in [-0.25, -0.2) is 4.79 Å². The van der Waals surface area contributed by atoms with Gasteiger partial charge < -0.3 is 37.5 Å². The van der Waals surface area contributed by atoms with E-state index in [9.17, 15) is 29.1 Å². The maximum atomic E-state index is 12.7. The second-order valence-electron chi connectivity index (χ2n) is 9.04. The number of aromatic amines is 1. The van der Waals surface area contributed by atoms with Gasteiger partial charge in [-0.3, -0.25) is 19.2 Å². The van der Waals surface area contributed by atoms with Crippen molar-refractivity contribution < 1.29 is 29.1 Å². The zero-order valence-corrected chi connectivity index (χ0v) is 20.4. The Balaban J connectivity index is 1.94. The molecule has 3 atom stereocenters.